The van der Waals surface area contributed by atoms with Gasteiger partial charge in [-0.3, -0.25) is 4.79 Å². The quantitative estimate of drug-likeness (QED) is 0.898. The lowest BCUT2D eigenvalue weighted by Crippen LogP contribution is -2.42. The maximum absolute atomic E-state index is 14.3. The minimum absolute atomic E-state index is 0.0549. The lowest BCUT2D eigenvalue weighted by Gasteiger charge is -2.28. The molecule has 1 aliphatic carbocycles. The van der Waals surface area contributed by atoms with Crippen LogP contribution in [0.25, 0.3) is 0 Å². The zero-order valence-corrected chi connectivity index (χ0v) is 13.4. The summed E-state index contributed by atoms with van der Waals surface area (Å²) in [5.74, 6) is -0.333. The first kappa shape index (κ1) is 15.7. The Labute approximate surface area is 136 Å². The molecule has 0 aromatic heterocycles. The predicted octanol–water partition coefficient (Wildman–Crippen LogP) is 4.26. The number of hydrogen-bond donors (Lipinski definition) is 1. The fourth-order valence-corrected chi connectivity index (χ4v) is 3.50. The molecule has 23 heavy (non-hydrogen) atoms. The van der Waals surface area contributed by atoms with Crippen molar-refractivity contribution in [1.82, 2.24) is 5.32 Å². The van der Waals surface area contributed by atoms with Crippen molar-refractivity contribution >= 4 is 5.91 Å². The third-order valence-corrected chi connectivity index (χ3v) is 4.85. The molecular formula is C20H22FNO. The second kappa shape index (κ2) is 6.53. The monoisotopic (exact) mass is 311 g/mol. The van der Waals surface area contributed by atoms with E-state index in [1.807, 2.05) is 37.3 Å². The number of carbonyl (C=O) groups is 1. The highest BCUT2D eigenvalue weighted by Gasteiger charge is 2.44. The summed E-state index contributed by atoms with van der Waals surface area (Å²) in [6.07, 6.45) is 3.36. The average molecular weight is 311 g/mol. The molecule has 0 heterocycles. The van der Waals surface area contributed by atoms with E-state index >= 15 is 0 Å². The summed E-state index contributed by atoms with van der Waals surface area (Å²) < 4.78 is 14.3. The third-order valence-electron chi connectivity index (χ3n) is 4.85. The fraction of sp³-hybridized carbons (Fsp3) is 0.350. The topological polar surface area (TPSA) is 29.1 Å². The smallest absolute Gasteiger partial charge is 0.231 e. The van der Waals surface area contributed by atoms with Crippen molar-refractivity contribution in [3.05, 3.63) is 71.0 Å². The molecule has 0 radical (unpaired) electrons. The van der Waals surface area contributed by atoms with Gasteiger partial charge in [-0.05, 0) is 31.4 Å². The highest BCUT2D eigenvalue weighted by atomic mass is 19.1. The van der Waals surface area contributed by atoms with E-state index in [9.17, 15) is 9.18 Å². The highest BCUT2D eigenvalue weighted by Crippen LogP contribution is 2.42. The Morgan fingerprint density at radius 2 is 1.74 bits per heavy atom. The zero-order valence-electron chi connectivity index (χ0n) is 13.4. The molecule has 0 bridgehead atoms. The van der Waals surface area contributed by atoms with Crippen LogP contribution in [0.4, 0.5) is 4.39 Å². The molecule has 0 spiro atoms. The van der Waals surface area contributed by atoms with Crippen molar-refractivity contribution in [2.24, 2.45) is 0 Å². The molecule has 1 aliphatic rings. The van der Waals surface area contributed by atoms with Crippen LogP contribution in [-0.2, 0) is 16.8 Å². The van der Waals surface area contributed by atoms with Gasteiger partial charge in [0.15, 0.2) is 0 Å². The minimum Gasteiger partial charge on any atom is -0.351 e. The minimum atomic E-state index is -0.712. The predicted molar refractivity (Wildman–Crippen MR) is 89.6 cm³/mol. The van der Waals surface area contributed by atoms with E-state index in [4.69, 9.17) is 0 Å². The summed E-state index contributed by atoms with van der Waals surface area (Å²) >= 11 is 0. The van der Waals surface area contributed by atoms with Crippen LogP contribution in [0.15, 0.2) is 48.5 Å². The molecule has 120 valence electrons. The van der Waals surface area contributed by atoms with E-state index < -0.39 is 5.41 Å². The van der Waals surface area contributed by atoms with E-state index in [0.717, 1.165) is 18.4 Å². The number of amides is 1. The second-order valence-electron chi connectivity index (χ2n) is 6.44. The van der Waals surface area contributed by atoms with Gasteiger partial charge in [-0.1, -0.05) is 60.9 Å². The molecule has 2 aromatic rings. The largest absolute Gasteiger partial charge is 0.351 e. The van der Waals surface area contributed by atoms with Crippen LogP contribution >= 0.6 is 0 Å². The van der Waals surface area contributed by atoms with Crippen molar-refractivity contribution < 1.29 is 9.18 Å². The van der Waals surface area contributed by atoms with Crippen molar-refractivity contribution in [3.63, 3.8) is 0 Å². The molecule has 1 fully saturated rings. The molecule has 2 aromatic carbocycles. The Morgan fingerprint density at radius 3 is 2.39 bits per heavy atom. The number of rotatable bonds is 4. The standard InChI is InChI=1S/C20H22FNO/c1-15-8-10-16(11-9-15)14-22-19(23)20(12-4-5-13-20)17-6-2-3-7-18(17)21/h2-3,6-11H,4-5,12-14H2,1H3,(H,22,23). The van der Waals surface area contributed by atoms with Crippen molar-refractivity contribution in [2.75, 3.05) is 0 Å². The zero-order chi connectivity index (χ0) is 16.3. The van der Waals surface area contributed by atoms with Crippen LogP contribution in [0, 0.1) is 12.7 Å². The van der Waals surface area contributed by atoms with Gasteiger partial charge in [0.05, 0.1) is 5.41 Å². The first-order chi connectivity index (χ1) is 11.1. The molecular weight excluding hydrogens is 289 g/mol. The van der Waals surface area contributed by atoms with Gasteiger partial charge in [0.25, 0.3) is 0 Å². The Bertz CT molecular complexity index is 687. The second-order valence-corrected chi connectivity index (χ2v) is 6.44. The Balaban J connectivity index is 1.80. The summed E-state index contributed by atoms with van der Waals surface area (Å²) in [5, 5.41) is 3.02. The molecule has 0 saturated heterocycles. The summed E-state index contributed by atoms with van der Waals surface area (Å²) in [6.45, 7) is 2.52. The fourth-order valence-electron chi connectivity index (χ4n) is 3.50. The van der Waals surface area contributed by atoms with E-state index in [2.05, 4.69) is 5.32 Å². The van der Waals surface area contributed by atoms with Crippen LogP contribution in [0.2, 0.25) is 0 Å². The van der Waals surface area contributed by atoms with Crippen LogP contribution < -0.4 is 5.32 Å². The molecule has 3 rings (SSSR count). The normalized spacial score (nSPS) is 16.3. The van der Waals surface area contributed by atoms with Gasteiger partial charge in [0, 0.05) is 12.1 Å². The molecule has 2 nitrogen and oxygen atoms in total. The molecule has 1 saturated carbocycles. The number of halogens is 1. The van der Waals surface area contributed by atoms with Gasteiger partial charge in [-0.25, -0.2) is 4.39 Å². The van der Waals surface area contributed by atoms with Crippen LogP contribution in [0.1, 0.15) is 42.4 Å². The van der Waals surface area contributed by atoms with Gasteiger partial charge in [0.2, 0.25) is 5.91 Å². The van der Waals surface area contributed by atoms with Gasteiger partial charge in [-0.15, -0.1) is 0 Å². The van der Waals surface area contributed by atoms with Crippen molar-refractivity contribution in [2.45, 2.75) is 44.6 Å². The van der Waals surface area contributed by atoms with Gasteiger partial charge >= 0.3 is 0 Å². The Hall–Kier alpha value is -2.16. The van der Waals surface area contributed by atoms with Gasteiger partial charge in [0.1, 0.15) is 5.82 Å². The number of benzene rings is 2. The summed E-state index contributed by atoms with van der Waals surface area (Å²) in [5.41, 5.74) is 2.08. The van der Waals surface area contributed by atoms with E-state index in [0.29, 0.717) is 24.9 Å². The van der Waals surface area contributed by atoms with E-state index in [1.165, 1.54) is 11.6 Å². The van der Waals surface area contributed by atoms with Crippen molar-refractivity contribution in [3.8, 4) is 0 Å². The first-order valence-electron chi connectivity index (χ1n) is 8.21. The SMILES string of the molecule is Cc1ccc(CNC(=O)C2(c3ccccc3F)CCCC2)cc1. The maximum Gasteiger partial charge on any atom is 0.231 e. The summed E-state index contributed by atoms with van der Waals surface area (Å²) in [4.78, 5) is 12.9. The number of aryl methyl sites for hydroxylation is 1. The summed E-state index contributed by atoms with van der Waals surface area (Å²) in [6, 6.07) is 14.8. The highest BCUT2D eigenvalue weighted by molar-refractivity contribution is 5.88. The van der Waals surface area contributed by atoms with Gasteiger partial charge in [-0.2, -0.15) is 0 Å². The molecule has 0 atom stereocenters. The summed E-state index contributed by atoms with van der Waals surface area (Å²) in [7, 11) is 0. The first-order valence-corrected chi connectivity index (χ1v) is 8.21. The maximum atomic E-state index is 14.3. The van der Waals surface area contributed by atoms with Crippen LogP contribution in [-0.4, -0.2) is 5.91 Å². The number of carbonyl (C=O) groups excluding carboxylic acids is 1. The lowest BCUT2D eigenvalue weighted by atomic mass is 9.77. The molecule has 0 unspecified atom stereocenters. The average Bonchev–Trinajstić information content (AvgIpc) is 3.05. The third kappa shape index (κ3) is 3.14. The Morgan fingerprint density at radius 1 is 1.09 bits per heavy atom. The van der Waals surface area contributed by atoms with Gasteiger partial charge < -0.3 is 5.32 Å². The van der Waals surface area contributed by atoms with E-state index in [1.54, 1.807) is 12.1 Å². The number of hydrogen-bond acceptors (Lipinski definition) is 1. The molecule has 1 N–H and O–H groups in total. The van der Waals surface area contributed by atoms with Crippen molar-refractivity contribution in [1.29, 1.82) is 0 Å². The van der Waals surface area contributed by atoms with Crippen LogP contribution in [0.3, 0.4) is 0 Å². The molecule has 3 heteroatoms. The molecule has 0 aliphatic heterocycles. The van der Waals surface area contributed by atoms with E-state index in [-0.39, 0.29) is 11.7 Å². The van der Waals surface area contributed by atoms with Crippen LogP contribution in [0.5, 0.6) is 0 Å². The Kier molecular flexibility index (Phi) is 4.46. The molecule has 1 amide bonds. The number of nitrogens with one attached hydrogen (secondary N) is 1. The lowest BCUT2D eigenvalue weighted by molar-refractivity contribution is -0.126.